The molecule has 34 heavy (non-hydrogen) atoms. The van der Waals surface area contributed by atoms with Crippen molar-refractivity contribution in [3.8, 4) is 0 Å². The smallest absolute Gasteiger partial charge is 0.200 e. The highest BCUT2D eigenvalue weighted by Crippen LogP contribution is 2.43. The fraction of sp³-hybridized carbons (Fsp3) is 0.923. The van der Waals surface area contributed by atoms with Gasteiger partial charge in [-0.1, -0.05) is 93.4 Å². The van der Waals surface area contributed by atoms with Crippen LogP contribution in [0.25, 0.3) is 0 Å². The number of oxime groups is 2. The van der Waals surface area contributed by atoms with Crippen molar-refractivity contribution in [2.45, 2.75) is 142 Å². The molecule has 0 bridgehead atoms. The average molecular weight is 517 g/mol. The molecule has 6 nitrogen and oxygen atoms in total. The highest BCUT2D eigenvalue weighted by molar-refractivity contribution is 6.78. The second kappa shape index (κ2) is 15.4. The number of nitrogens with zero attached hydrogens (tertiary/aromatic N) is 2. The molecule has 0 saturated heterocycles. The third-order valence-corrected chi connectivity index (χ3v) is 20.0. The zero-order valence-electron chi connectivity index (χ0n) is 24.3. The quantitative estimate of drug-likeness (QED) is 0.0666. The second-order valence-electron chi connectivity index (χ2n) is 11.6. The van der Waals surface area contributed by atoms with Crippen molar-refractivity contribution in [3.05, 3.63) is 0 Å². The van der Waals surface area contributed by atoms with Gasteiger partial charge in [0.05, 0.1) is 0 Å². The van der Waals surface area contributed by atoms with Gasteiger partial charge >= 0.3 is 0 Å². The molecule has 0 radical (unpaired) electrons. The van der Waals surface area contributed by atoms with Crippen LogP contribution in [-0.4, -0.2) is 51.7 Å². The third kappa shape index (κ3) is 8.17. The van der Waals surface area contributed by atoms with Gasteiger partial charge in [0.25, 0.3) is 0 Å². The van der Waals surface area contributed by atoms with Gasteiger partial charge in [-0.3, -0.25) is 0 Å². The average Bonchev–Trinajstić information content (AvgIpc) is 2.72. The Morgan fingerprint density at radius 2 is 0.765 bits per heavy atom. The van der Waals surface area contributed by atoms with E-state index in [4.69, 9.17) is 8.85 Å². The summed E-state index contributed by atoms with van der Waals surface area (Å²) in [7, 11) is -3.82. The van der Waals surface area contributed by atoms with Crippen LogP contribution in [0, 0.1) is 0 Å². The summed E-state index contributed by atoms with van der Waals surface area (Å²) in [5.41, 5.74) is 4.08. The minimum Gasteiger partial charge on any atom is -0.416 e. The Morgan fingerprint density at radius 1 is 0.529 bits per heavy atom. The van der Waals surface area contributed by atoms with E-state index in [-0.39, 0.29) is 0 Å². The van der Waals surface area contributed by atoms with Gasteiger partial charge in [0.2, 0.25) is 0 Å². The molecule has 0 aliphatic rings. The summed E-state index contributed by atoms with van der Waals surface area (Å²) in [5.74, 6) is 0. The van der Waals surface area contributed by atoms with Crippen molar-refractivity contribution in [3.63, 3.8) is 0 Å². The van der Waals surface area contributed by atoms with Crippen molar-refractivity contribution >= 4 is 28.1 Å². The van der Waals surface area contributed by atoms with E-state index in [1.54, 1.807) is 0 Å². The van der Waals surface area contributed by atoms with Crippen molar-refractivity contribution in [1.29, 1.82) is 0 Å². The lowest BCUT2D eigenvalue weighted by molar-refractivity contribution is 0.271. The molecule has 0 spiro atoms. The number of hydrogen-bond acceptors (Lipinski definition) is 6. The van der Waals surface area contributed by atoms with Gasteiger partial charge in [0, 0.05) is 13.2 Å². The van der Waals surface area contributed by atoms with E-state index in [1.165, 1.54) is 0 Å². The van der Waals surface area contributed by atoms with Gasteiger partial charge in [-0.15, -0.1) is 0 Å². The molecular weight excluding hydrogens is 460 g/mol. The van der Waals surface area contributed by atoms with Gasteiger partial charge in [-0.05, 0) is 58.9 Å². The zero-order chi connectivity index (χ0) is 26.7. The van der Waals surface area contributed by atoms with E-state index < -0.39 is 16.6 Å². The van der Waals surface area contributed by atoms with Crippen LogP contribution in [0.2, 0.25) is 33.2 Å². The molecule has 2 N–H and O–H groups in total. The summed E-state index contributed by atoms with van der Waals surface area (Å²) in [5, 5.41) is 26.1. The number of rotatable bonds is 17. The minimum absolute atomic E-state index is 0.442. The maximum Gasteiger partial charge on any atom is 0.200 e. The minimum atomic E-state index is -1.91. The summed E-state index contributed by atoms with van der Waals surface area (Å²) in [6.07, 6.45) is 2.52. The van der Waals surface area contributed by atoms with Gasteiger partial charge in [0.1, 0.15) is 11.4 Å². The van der Waals surface area contributed by atoms with E-state index in [0.717, 1.165) is 12.8 Å². The molecule has 0 fully saturated rings. The van der Waals surface area contributed by atoms with Crippen molar-refractivity contribution in [2.24, 2.45) is 10.3 Å². The summed E-state index contributed by atoms with van der Waals surface area (Å²) in [6.45, 7) is 28.6. The van der Waals surface area contributed by atoms with E-state index in [2.05, 4.69) is 93.4 Å². The molecule has 0 aromatic rings. The zero-order valence-corrected chi connectivity index (χ0v) is 26.3. The van der Waals surface area contributed by atoms with Gasteiger partial charge in [-0.25, -0.2) is 0 Å². The highest BCUT2D eigenvalue weighted by atomic mass is 28.4. The fourth-order valence-electron chi connectivity index (χ4n) is 6.48. The molecule has 0 unspecified atom stereocenters. The molecule has 0 aromatic carbocycles. The first kappa shape index (κ1) is 33.3. The molecule has 0 aliphatic carbocycles. The lowest BCUT2D eigenvalue weighted by atomic mass is 10.1. The van der Waals surface area contributed by atoms with Crippen LogP contribution in [0.3, 0.4) is 0 Å². The van der Waals surface area contributed by atoms with Crippen LogP contribution in [0.4, 0.5) is 0 Å². The Kier molecular flexibility index (Phi) is 15.1. The van der Waals surface area contributed by atoms with Crippen molar-refractivity contribution in [2.75, 3.05) is 13.2 Å². The molecule has 0 heterocycles. The maximum atomic E-state index is 9.60. The second-order valence-corrected chi connectivity index (χ2v) is 22.6. The van der Waals surface area contributed by atoms with Gasteiger partial charge in [-0.2, -0.15) is 0 Å². The standard InChI is InChI=1S/C26H56N2O4Si2/c1-19(2)33(20(3)4,21(5)6)31-17-13-15-25(27-29)26(28-30)16-14-18-32-34(22(7)8,23(9)10)24(11)12/h19-24,29-30H,13-18H2,1-12H3/b27-25+,28-26+. The van der Waals surface area contributed by atoms with Crippen LogP contribution < -0.4 is 0 Å². The first-order chi connectivity index (χ1) is 15.7. The highest BCUT2D eigenvalue weighted by Gasteiger charge is 2.45. The molecule has 0 amide bonds. The fourth-order valence-corrected chi connectivity index (χ4v) is 17.5. The molecule has 0 aliphatic heterocycles. The summed E-state index contributed by atoms with van der Waals surface area (Å²) in [4.78, 5) is 0. The Labute approximate surface area is 212 Å². The lowest BCUT2D eigenvalue weighted by Crippen LogP contribution is -2.48. The van der Waals surface area contributed by atoms with Crippen LogP contribution in [0.15, 0.2) is 10.3 Å². The molecule has 0 rings (SSSR count). The van der Waals surface area contributed by atoms with Gasteiger partial charge in [0.15, 0.2) is 16.6 Å². The monoisotopic (exact) mass is 516 g/mol. The van der Waals surface area contributed by atoms with Crippen LogP contribution in [-0.2, 0) is 8.85 Å². The topological polar surface area (TPSA) is 83.6 Å². The predicted octanol–water partition coefficient (Wildman–Crippen LogP) is 8.59. The third-order valence-electron chi connectivity index (χ3n) is 7.81. The molecule has 0 saturated carbocycles. The van der Waals surface area contributed by atoms with Gasteiger partial charge < -0.3 is 19.3 Å². The normalized spacial score (nSPS) is 14.6. The first-order valence-corrected chi connectivity index (χ1v) is 17.7. The van der Waals surface area contributed by atoms with E-state index >= 15 is 0 Å². The summed E-state index contributed by atoms with van der Waals surface area (Å²) < 4.78 is 13.2. The summed E-state index contributed by atoms with van der Waals surface area (Å²) in [6, 6.07) is 0. The lowest BCUT2D eigenvalue weighted by Gasteiger charge is -2.42. The molecule has 8 heteroatoms. The Bertz CT molecular complexity index is 535. The molecule has 0 aromatic heterocycles. The maximum absolute atomic E-state index is 9.60. The molecule has 202 valence electrons. The SMILES string of the molecule is CC(C)[Si](OCCCC(=N\O)/C(CCCO[Si](C(C)C)(C(C)C)C(C)C)=N/O)(C(C)C)C(C)C. The Morgan fingerprint density at radius 3 is 0.941 bits per heavy atom. The van der Waals surface area contributed by atoms with Crippen molar-refractivity contribution in [1.82, 2.24) is 0 Å². The van der Waals surface area contributed by atoms with E-state index in [9.17, 15) is 10.4 Å². The van der Waals surface area contributed by atoms with Crippen LogP contribution in [0.1, 0.15) is 109 Å². The van der Waals surface area contributed by atoms with E-state index in [1.807, 2.05) is 0 Å². The van der Waals surface area contributed by atoms with Crippen molar-refractivity contribution < 1.29 is 19.3 Å². The predicted molar refractivity (Wildman–Crippen MR) is 151 cm³/mol. The van der Waals surface area contributed by atoms with E-state index in [0.29, 0.717) is 70.7 Å². The van der Waals surface area contributed by atoms with Crippen LogP contribution in [0.5, 0.6) is 0 Å². The summed E-state index contributed by atoms with van der Waals surface area (Å²) >= 11 is 0. The first-order valence-electron chi connectivity index (χ1n) is 13.5. The molecule has 0 atom stereocenters. The Balaban J connectivity index is 4.96. The largest absolute Gasteiger partial charge is 0.416 e. The van der Waals surface area contributed by atoms with Crippen LogP contribution >= 0.6 is 0 Å². The Hall–Kier alpha value is -0.706. The number of hydrogen-bond donors (Lipinski definition) is 2. The molecular formula is C26H56N2O4Si2.